The maximum Gasteiger partial charge on any atom is 0.126 e. The van der Waals surface area contributed by atoms with Crippen molar-refractivity contribution in [3.63, 3.8) is 0 Å². The zero-order valence-electron chi connectivity index (χ0n) is 7.78. The Morgan fingerprint density at radius 2 is 2.17 bits per heavy atom. The molecule has 70 valence electrons. The lowest BCUT2D eigenvalue weighted by atomic mass is 9.94. The van der Waals surface area contributed by atoms with Gasteiger partial charge in [-0.25, -0.2) is 0 Å². The van der Waals surface area contributed by atoms with Crippen LogP contribution in [0.1, 0.15) is 20.8 Å². The van der Waals surface area contributed by atoms with E-state index >= 15 is 0 Å². The monoisotopic (exact) mass is 188 g/mol. The predicted molar refractivity (Wildman–Crippen MR) is 53.4 cm³/mol. The van der Waals surface area contributed by atoms with Gasteiger partial charge in [-0.15, -0.1) is 0 Å². The van der Waals surface area contributed by atoms with Crippen LogP contribution in [-0.4, -0.2) is 17.6 Å². The Morgan fingerprint density at radius 1 is 1.58 bits per heavy atom. The zero-order valence-corrected chi connectivity index (χ0v) is 8.67. The number of hydrogen-bond donors (Lipinski definition) is 1. The smallest absolute Gasteiger partial charge is 0.126 e. The van der Waals surface area contributed by atoms with E-state index in [4.69, 9.17) is 4.74 Å². The van der Waals surface area contributed by atoms with Gasteiger partial charge in [-0.3, -0.25) is 0 Å². The molecule has 3 heteroatoms. The van der Waals surface area contributed by atoms with Crippen molar-refractivity contribution in [2.45, 2.75) is 26.4 Å². The summed E-state index contributed by atoms with van der Waals surface area (Å²) in [5.74, 6) is 0.535. The van der Waals surface area contributed by atoms with Crippen LogP contribution in [-0.2, 0) is 9.53 Å². The van der Waals surface area contributed by atoms with E-state index in [1.807, 2.05) is 20.8 Å². The Morgan fingerprint density at radius 3 is 2.58 bits per heavy atom. The van der Waals surface area contributed by atoms with Crippen LogP contribution in [0.25, 0.3) is 0 Å². The molecule has 0 spiro atoms. The number of carbonyl (C=O) groups excluding carboxylic acids is 1. The average Bonchev–Trinajstić information content (AvgIpc) is 2.03. The molecule has 12 heavy (non-hydrogen) atoms. The van der Waals surface area contributed by atoms with E-state index in [-0.39, 0.29) is 5.92 Å². The van der Waals surface area contributed by atoms with Crippen molar-refractivity contribution in [2.24, 2.45) is 5.92 Å². The summed E-state index contributed by atoms with van der Waals surface area (Å²) in [6.07, 6.45) is 4.28. The van der Waals surface area contributed by atoms with Crippen LogP contribution in [0.2, 0.25) is 0 Å². The zero-order chi connectivity index (χ0) is 9.61. The highest BCUT2D eigenvalue weighted by atomic mass is 32.1. The van der Waals surface area contributed by atoms with Crippen molar-refractivity contribution in [3.8, 4) is 0 Å². The van der Waals surface area contributed by atoms with Crippen molar-refractivity contribution in [1.29, 1.82) is 0 Å². The Balaban J connectivity index is 4.02. The van der Waals surface area contributed by atoms with E-state index in [1.165, 1.54) is 0 Å². The Bertz CT molecular complexity index is 164. The standard InChI is InChI=1S/C9H16O2S/c1-8(7-10)9(2,3)11-5-4-6-12/h4-5,7-8,12H,6H2,1-3H3/b5-4+/t8-/m0/s1. The molecule has 0 aliphatic carbocycles. The van der Waals surface area contributed by atoms with Crippen molar-refractivity contribution in [3.05, 3.63) is 12.3 Å². The van der Waals surface area contributed by atoms with Crippen LogP contribution in [0.3, 0.4) is 0 Å². The Hall–Kier alpha value is -0.440. The summed E-state index contributed by atoms with van der Waals surface area (Å²) in [7, 11) is 0. The van der Waals surface area contributed by atoms with Gasteiger partial charge in [-0.2, -0.15) is 12.6 Å². The van der Waals surface area contributed by atoms with Gasteiger partial charge in [0.15, 0.2) is 0 Å². The van der Waals surface area contributed by atoms with Crippen LogP contribution in [0, 0.1) is 5.92 Å². The van der Waals surface area contributed by atoms with E-state index in [0.29, 0.717) is 5.75 Å². The molecule has 0 saturated carbocycles. The summed E-state index contributed by atoms with van der Waals surface area (Å²) in [5.41, 5.74) is -0.429. The lowest BCUT2D eigenvalue weighted by Gasteiger charge is -2.27. The van der Waals surface area contributed by atoms with E-state index < -0.39 is 5.60 Å². The fourth-order valence-electron chi connectivity index (χ4n) is 0.538. The molecule has 0 bridgehead atoms. The number of thiol groups is 1. The van der Waals surface area contributed by atoms with Crippen molar-refractivity contribution in [1.82, 2.24) is 0 Å². The van der Waals surface area contributed by atoms with Crippen LogP contribution in [0.4, 0.5) is 0 Å². The molecular weight excluding hydrogens is 172 g/mol. The number of carbonyl (C=O) groups is 1. The lowest BCUT2D eigenvalue weighted by molar-refractivity contribution is -0.117. The van der Waals surface area contributed by atoms with Gasteiger partial charge in [0.25, 0.3) is 0 Å². The summed E-state index contributed by atoms with van der Waals surface area (Å²) in [6, 6.07) is 0. The predicted octanol–water partition coefficient (Wildman–Crippen LogP) is 2.06. The van der Waals surface area contributed by atoms with Gasteiger partial charge < -0.3 is 9.53 Å². The molecule has 0 rings (SSSR count). The number of aldehydes is 1. The molecule has 0 aliphatic heterocycles. The minimum Gasteiger partial charge on any atom is -0.495 e. The first kappa shape index (κ1) is 11.6. The second kappa shape index (κ2) is 5.25. The minimum absolute atomic E-state index is 0.109. The largest absolute Gasteiger partial charge is 0.495 e. The highest BCUT2D eigenvalue weighted by molar-refractivity contribution is 7.80. The summed E-state index contributed by atoms with van der Waals surface area (Å²) < 4.78 is 5.36. The Labute approximate surface area is 79.4 Å². The third-order valence-corrected chi connectivity index (χ3v) is 2.08. The molecule has 0 aromatic heterocycles. The van der Waals surface area contributed by atoms with Crippen molar-refractivity contribution in [2.75, 3.05) is 5.75 Å². The Kier molecular flexibility index (Phi) is 5.06. The third-order valence-electron chi connectivity index (χ3n) is 1.87. The highest BCUT2D eigenvalue weighted by Crippen LogP contribution is 2.19. The van der Waals surface area contributed by atoms with Crippen LogP contribution < -0.4 is 0 Å². The SMILES string of the molecule is C[C@@H](C=O)C(C)(C)O/C=C/CS. The first-order valence-electron chi connectivity index (χ1n) is 3.93. The maximum atomic E-state index is 10.5. The fraction of sp³-hybridized carbons (Fsp3) is 0.667. The molecule has 2 nitrogen and oxygen atoms in total. The van der Waals surface area contributed by atoms with Gasteiger partial charge in [0.05, 0.1) is 12.2 Å². The number of rotatable bonds is 5. The number of hydrogen-bond acceptors (Lipinski definition) is 3. The van der Waals surface area contributed by atoms with E-state index in [0.717, 1.165) is 6.29 Å². The number of ether oxygens (including phenoxy) is 1. The molecule has 0 aromatic rings. The van der Waals surface area contributed by atoms with Crippen LogP contribution in [0.5, 0.6) is 0 Å². The van der Waals surface area contributed by atoms with E-state index in [1.54, 1.807) is 12.3 Å². The molecule has 0 unspecified atom stereocenters. The first-order chi connectivity index (χ1) is 5.54. The van der Waals surface area contributed by atoms with Crippen molar-refractivity contribution >= 4 is 18.9 Å². The quantitative estimate of drug-likeness (QED) is 0.406. The molecule has 0 saturated heterocycles. The second-order valence-electron chi connectivity index (χ2n) is 3.20. The summed E-state index contributed by atoms with van der Waals surface area (Å²) in [4.78, 5) is 10.5. The van der Waals surface area contributed by atoms with E-state index in [9.17, 15) is 4.79 Å². The highest BCUT2D eigenvalue weighted by Gasteiger charge is 2.25. The average molecular weight is 188 g/mol. The fourth-order valence-corrected chi connectivity index (χ4v) is 0.624. The summed E-state index contributed by atoms with van der Waals surface area (Å²) in [5, 5.41) is 0. The van der Waals surface area contributed by atoms with Gasteiger partial charge in [0.1, 0.15) is 11.9 Å². The van der Waals surface area contributed by atoms with Gasteiger partial charge >= 0.3 is 0 Å². The third kappa shape index (κ3) is 3.81. The molecule has 0 aromatic carbocycles. The normalized spacial score (nSPS) is 14.7. The van der Waals surface area contributed by atoms with Gasteiger partial charge in [0.2, 0.25) is 0 Å². The van der Waals surface area contributed by atoms with Gasteiger partial charge in [-0.1, -0.05) is 6.92 Å². The molecule has 0 heterocycles. The van der Waals surface area contributed by atoms with Gasteiger partial charge in [0, 0.05) is 5.75 Å². The molecule has 0 aliphatic rings. The van der Waals surface area contributed by atoms with Crippen LogP contribution in [0.15, 0.2) is 12.3 Å². The molecule has 0 amide bonds. The lowest BCUT2D eigenvalue weighted by Crippen LogP contribution is -2.31. The topological polar surface area (TPSA) is 26.3 Å². The second-order valence-corrected chi connectivity index (χ2v) is 3.57. The molecule has 0 radical (unpaired) electrons. The first-order valence-corrected chi connectivity index (χ1v) is 4.57. The molecule has 1 atom stereocenters. The molecule has 0 N–H and O–H groups in total. The van der Waals surface area contributed by atoms with Gasteiger partial charge in [-0.05, 0) is 19.9 Å². The van der Waals surface area contributed by atoms with E-state index in [2.05, 4.69) is 12.6 Å². The summed E-state index contributed by atoms with van der Waals surface area (Å²) in [6.45, 7) is 5.60. The van der Waals surface area contributed by atoms with Crippen LogP contribution >= 0.6 is 12.6 Å². The maximum absolute atomic E-state index is 10.5. The summed E-state index contributed by atoms with van der Waals surface area (Å²) >= 11 is 3.99. The minimum atomic E-state index is -0.429. The molecule has 0 fully saturated rings. The molecular formula is C9H16O2S. The van der Waals surface area contributed by atoms with Crippen molar-refractivity contribution < 1.29 is 9.53 Å².